The molecule has 1 aromatic rings. The van der Waals surface area contributed by atoms with Gasteiger partial charge in [0.15, 0.2) is 0 Å². The van der Waals surface area contributed by atoms with Crippen molar-refractivity contribution < 1.29 is 43.2 Å². The van der Waals surface area contributed by atoms with Crippen LogP contribution in [-0.4, -0.2) is 91.2 Å². The van der Waals surface area contributed by atoms with Crippen LogP contribution in [0.2, 0.25) is 0 Å². The number of aliphatic hydroxyl groups is 1. The third-order valence-electron chi connectivity index (χ3n) is 6.23. The molecule has 1 aromatic carbocycles. The number of aliphatic hydroxyl groups excluding tert-OH is 1. The molecule has 0 aromatic heterocycles. The Labute approximate surface area is 234 Å². The number of benzene rings is 1. The summed E-state index contributed by atoms with van der Waals surface area (Å²) in [5.41, 5.74) is 0.740. The standard InChI is InChI=1S/C29H38N2O9/c1-29(2,3)40-25(34)13-11-21(16-32)30-27(35)20-14-22-26(38-17-37-22)23(15-20)39-28(36)19-9-6-18(7-10-19)8-12-24(33)31(4)5/h6-10,12,14,21-23,26,32H,11,13,15-17H2,1-5H3,(H,30,35). The highest BCUT2D eigenvalue weighted by atomic mass is 16.7. The molecule has 1 aliphatic carbocycles. The fourth-order valence-corrected chi connectivity index (χ4v) is 4.15. The van der Waals surface area contributed by atoms with E-state index in [4.69, 9.17) is 18.9 Å². The van der Waals surface area contributed by atoms with Crippen molar-refractivity contribution in [1.82, 2.24) is 10.2 Å². The van der Waals surface area contributed by atoms with Crippen LogP contribution in [0.1, 0.15) is 56.0 Å². The van der Waals surface area contributed by atoms with E-state index in [2.05, 4.69) is 5.32 Å². The predicted octanol–water partition coefficient (Wildman–Crippen LogP) is 1.98. The Morgan fingerprint density at radius 3 is 2.48 bits per heavy atom. The normalized spacial score (nSPS) is 21.2. The van der Waals surface area contributed by atoms with E-state index in [0.29, 0.717) is 11.1 Å². The highest BCUT2D eigenvalue weighted by Crippen LogP contribution is 2.31. The van der Waals surface area contributed by atoms with Crippen LogP contribution in [-0.2, 0) is 33.3 Å². The van der Waals surface area contributed by atoms with Gasteiger partial charge in [-0.2, -0.15) is 0 Å². The number of ether oxygens (including phenoxy) is 4. The third kappa shape index (κ3) is 9.00. The molecule has 2 amide bonds. The van der Waals surface area contributed by atoms with Crippen molar-refractivity contribution in [3.05, 3.63) is 53.1 Å². The number of amides is 2. The molecule has 4 atom stereocenters. The van der Waals surface area contributed by atoms with Crippen LogP contribution < -0.4 is 5.32 Å². The lowest BCUT2D eigenvalue weighted by molar-refractivity contribution is -0.155. The highest BCUT2D eigenvalue weighted by molar-refractivity contribution is 5.95. The van der Waals surface area contributed by atoms with E-state index in [-0.39, 0.29) is 38.6 Å². The zero-order valence-corrected chi connectivity index (χ0v) is 23.5. The van der Waals surface area contributed by atoms with E-state index >= 15 is 0 Å². The molecule has 1 fully saturated rings. The smallest absolute Gasteiger partial charge is 0.338 e. The molecule has 3 rings (SSSR count). The molecule has 1 saturated heterocycles. The SMILES string of the molecule is CN(C)C(=O)C=Cc1ccc(C(=O)OC2CC(C(=O)NC(CO)CCC(=O)OC(C)(C)C)=CC3OCOC32)cc1. The van der Waals surface area contributed by atoms with Crippen LogP contribution in [0.5, 0.6) is 0 Å². The lowest BCUT2D eigenvalue weighted by atomic mass is 9.91. The minimum Gasteiger partial charge on any atom is -0.460 e. The fraction of sp³-hybridized carbons (Fsp3) is 0.517. The molecule has 40 heavy (non-hydrogen) atoms. The molecule has 11 nitrogen and oxygen atoms in total. The van der Waals surface area contributed by atoms with Gasteiger partial charge in [-0.1, -0.05) is 12.1 Å². The molecular weight excluding hydrogens is 520 g/mol. The summed E-state index contributed by atoms with van der Waals surface area (Å²) in [4.78, 5) is 51.2. The van der Waals surface area contributed by atoms with Crippen molar-refractivity contribution in [2.24, 2.45) is 0 Å². The van der Waals surface area contributed by atoms with Gasteiger partial charge in [0.25, 0.3) is 0 Å². The first-order chi connectivity index (χ1) is 18.9. The van der Waals surface area contributed by atoms with Crippen LogP contribution in [0, 0.1) is 0 Å². The van der Waals surface area contributed by atoms with Gasteiger partial charge in [0.2, 0.25) is 11.8 Å². The first-order valence-corrected chi connectivity index (χ1v) is 13.1. The monoisotopic (exact) mass is 558 g/mol. The van der Waals surface area contributed by atoms with Gasteiger partial charge < -0.3 is 34.3 Å². The van der Waals surface area contributed by atoms with E-state index in [1.807, 2.05) is 0 Å². The number of nitrogens with zero attached hydrogens (tertiary/aromatic N) is 1. The average Bonchev–Trinajstić information content (AvgIpc) is 3.38. The number of likely N-dealkylation sites (N-methyl/N-ethyl adjacent to an activating group) is 1. The number of hydrogen-bond donors (Lipinski definition) is 2. The largest absolute Gasteiger partial charge is 0.460 e. The summed E-state index contributed by atoms with van der Waals surface area (Å²) in [6.07, 6.45) is 3.10. The summed E-state index contributed by atoms with van der Waals surface area (Å²) in [7, 11) is 3.31. The highest BCUT2D eigenvalue weighted by Gasteiger charge is 2.42. The first-order valence-electron chi connectivity index (χ1n) is 13.1. The Morgan fingerprint density at radius 2 is 1.85 bits per heavy atom. The Hall–Kier alpha value is -3.54. The van der Waals surface area contributed by atoms with Gasteiger partial charge in [-0.25, -0.2) is 4.79 Å². The Morgan fingerprint density at radius 1 is 1.15 bits per heavy atom. The minimum atomic E-state index is -0.780. The first kappa shape index (κ1) is 31.0. The zero-order chi connectivity index (χ0) is 29.4. The number of carbonyl (C=O) groups excluding carboxylic acids is 4. The van der Waals surface area contributed by atoms with E-state index in [9.17, 15) is 24.3 Å². The van der Waals surface area contributed by atoms with Gasteiger partial charge in [0.05, 0.1) is 18.2 Å². The maximum Gasteiger partial charge on any atom is 0.338 e. The molecule has 218 valence electrons. The van der Waals surface area contributed by atoms with Crippen molar-refractivity contribution in [2.75, 3.05) is 27.5 Å². The number of fused-ring (bicyclic) bond motifs is 1. The molecule has 1 heterocycles. The van der Waals surface area contributed by atoms with E-state index in [1.165, 1.54) is 11.0 Å². The molecule has 11 heteroatoms. The second-order valence-corrected chi connectivity index (χ2v) is 10.9. The number of carbonyl (C=O) groups is 4. The number of rotatable bonds is 10. The minimum absolute atomic E-state index is 0.00334. The number of nitrogens with one attached hydrogen (secondary N) is 1. The van der Waals surface area contributed by atoms with Gasteiger partial charge in [0, 0.05) is 38.6 Å². The van der Waals surface area contributed by atoms with Crippen LogP contribution in [0.4, 0.5) is 0 Å². The van der Waals surface area contributed by atoms with Crippen LogP contribution in [0.15, 0.2) is 42.0 Å². The summed E-state index contributed by atoms with van der Waals surface area (Å²) < 4.78 is 22.2. The summed E-state index contributed by atoms with van der Waals surface area (Å²) in [6.45, 7) is 4.93. The van der Waals surface area contributed by atoms with Crippen molar-refractivity contribution in [3.8, 4) is 0 Å². The molecule has 4 unspecified atom stereocenters. The quantitative estimate of drug-likeness (QED) is 0.326. The van der Waals surface area contributed by atoms with Crippen LogP contribution in [0.25, 0.3) is 6.08 Å². The van der Waals surface area contributed by atoms with E-state index < -0.39 is 47.8 Å². The maximum absolute atomic E-state index is 13.0. The van der Waals surface area contributed by atoms with Crippen molar-refractivity contribution in [3.63, 3.8) is 0 Å². The Bertz CT molecular complexity index is 1140. The molecule has 0 spiro atoms. The van der Waals surface area contributed by atoms with Gasteiger partial charge >= 0.3 is 11.9 Å². The molecule has 0 bridgehead atoms. The summed E-state index contributed by atoms with van der Waals surface area (Å²) in [6, 6.07) is 5.91. The Balaban J connectivity index is 1.61. The summed E-state index contributed by atoms with van der Waals surface area (Å²) in [5, 5.41) is 12.5. The third-order valence-corrected chi connectivity index (χ3v) is 6.23. The second-order valence-electron chi connectivity index (χ2n) is 10.9. The fourth-order valence-electron chi connectivity index (χ4n) is 4.15. The van der Waals surface area contributed by atoms with Crippen molar-refractivity contribution in [2.45, 2.75) is 70.0 Å². The molecular formula is C29H38N2O9. The number of esters is 2. The predicted molar refractivity (Wildman–Crippen MR) is 145 cm³/mol. The molecule has 1 aliphatic heterocycles. The summed E-state index contributed by atoms with van der Waals surface area (Å²) >= 11 is 0. The van der Waals surface area contributed by atoms with Gasteiger partial charge in [-0.3, -0.25) is 14.4 Å². The lowest BCUT2D eigenvalue weighted by Crippen LogP contribution is -2.45. The molecule has 0 saturated carbocycles. The maximum atomic E-state index is 13.0. The Kier molecular flexibility index (Phi) is 10.6. The zero-order valence-electron chi connectivity index (χ0n) is 23.5. The second kappa shape index (κ2) is 13.7. The topological polar surface area (TPSA) is 141 Å². The average molecular weight is 559 g/mol. The molecule has 2 N–H and O–H groups in total. The summed E-state index contributed by atoms with van der Waals surface area (Å²) in [5.74, 6) is -1.63. The van der Waals surface area contributed by atoms with E-state index in [1.54, 1.807) is 71.3 Å². The van der Waals surface area contributed by atoms with Gasteiger partial charge in [0.1, 0.15) is 30.7 Å². The van der Waals surface area contributed by atoms with E-state index in [0.717, 1.165) is 5.56 Å². The van der Waals surface area contributed by atoms with Gasteiger partial charge in [-0.05, 0) is 57.0 Å². The molecule has 2 aliphatic rings. The van der Waals surface area contributed by atoms with Crippen LogP contribution >= 0.6 is 0 Å². The molecule has 0 radical (unpaired) electrons. The van der Waals surface area contributed by atoms with Gasteiger partial charge in [-0.15, -0.1) is 0 Å². The van der Waals surface area contributed by atoms with Crippen molar-refractivity contribution >= 4 is 29.8 Å². The lowest BCUT2D eigenvalue weighted by Gasteiger charge is -2.30. The van der Waals surface area contributed by atoms with Crippen LogP contribution in [0.3, 0.4) is 0 Å². The number of hydrogen-bond acceptors (Lipinski definition) is 9. The van der Waals surface area contributed by atoms with Crippen molar-refractivity contribution in [1.29, 1.82) is 0 Å².